The van der Waals surface area contributed by atoms with Crippen molar-refractivity contribution in [2.75, 3.05) is 20.7 Å². The van der Waals surface area contributed by atoms with Crippen LogP contribution in [0.1, 0.15) is 43.4 Å². The van der Waals surface area contributed by atoms with Crippen LogP contribution in [0.15, 0.2) is 35.3 Å². The number of aliphatic imine (C=N–C) groups is 1. The van der Waals surface area contributed by atoms with Gasteiger partial charge in [0, 0.05) is 39.1 Å². The number of methoxy groups -OCH3 is 1. The Balaban J connectivity index is 1.57. The van der Waals surface area contributed by atoms with Gasteiger partial charge in [0.1, 0.15) is 12.4 Å². The van der Waals surface area contributed by atoms with Crippen molar-refractivity contribution in [3.63, 3.8) is 0 Å². The highest BCUT2D eigenvalue weighted by Crippen LogP contribution is 2.23. The van der Waals surface area contributed by atoms with E-state index in [1.54, 1.807) is 7.11 Å². The number of hydrogen-bond acceptors (Lipinski definition) is 4. The second-order valence-corrected chi connectivity index (χ2v) is 7.65. The Hall–Kier alpha value is -2.41. The van der Waals surface area contributed by atoms with Gasteiger partial charge >= 0.3 is 0 Å². The number of rotatable bonds is 7. The SMILES string of the molecule is CN=C(NCC(c1ccccc1)C(C)C)NC1CCc2nc(COC)nn2C1. The third-order valence-corrected chi connectivity index (χ3v) is 5.26. The molecule has 2 aromatic rings. The minimum absolute atomic E-state index is 0.282. The van der Waals surface area contributed by atoms with Crippen LogP contribution in [0, 0.1) is 5.92 Å². The van der Waals surface area contributed by atoms with Crippen molar-refractivity contribution in [1.29, 1.82) is 0 Å². The standard InChI is InChI=1S/C21H32N6O/c1-15(2)18(16-8-6-5-7-9-16)12-23-21(22-3)24-17-10-11-20-25-19(14-28-4)26-27(20)13-17/h5-9,15,17-18H,10-14H2,1-4H3,(H2,22,23,24). The zero-order valence-electron chi connectivity index (χ0n) is 17.4. The fourth-order valence-corrected chi connectivity index (χ4v) is 3.70. The van der Waals surface area contributed by atoms with E-state index >= 15 is 0 Å². The van der Waals surface area contributed by atoms with Crippen molar-refractivity contribution in [3.8, 4) is 0 Å². The lowest BCUT2D eigenvalue weighted by atomic mass is 9.88. The van der Waals surface area contributed by atoms with E-state index in [0.29, 0.717) is 18.4 Å². The predicted molar refractivity (Wildman–Crippen MR) is 111 cm³/mol. The monoisotopic (exact) mass is 384 g/mol. The van der Waals surface area contributed by atoms with Gasteiger partial charge in [-0.25, -0.2) is 9.67 Å². The van der Waals surface area contributed by atoms with Gasteiger partial charge in [-0.15, -0.1) is 0 Å². The summed E-state index contributed by atoms with van der Waals surface area (Å²) in [6, 6.07) is 11.0. The number of nitrogens with zero attached hydrogens (tertiary/aromatic N) is 4. The fourth-order valence-electron chi connectivity index (χ4n) is 3.70. The first kappa shape index (κ1) is 20.3. The maximum atomic E-state index is 5.14. The van der Waals surface area contributed by atoms with E-state index < -0.39 is 0 Å². The van der Waals surface area contributed by atoms with Crippen molar-refractivity contribution in [3.05, 3.63) is 47.5 Å². The number of fused-ring (bicyclic) bond motifs is 1. The Kier molecular flexibility index (Phi) is 7.03. The van der Waals surface area contributed by atoms with Gasteiger partial charge in [0.2, 0.25) is 0 Å². The molecule has 0 bridgehead atoms. The van der Waals surface area contributed by atoms with Crippen molar-refractivity contribution in [2.24, 2.45) is 10.9 Å². The average Bonchev–Trinajstić information content (AvgIpc) is 3.09. The molecule has 1 aliphatic rings. The van der Waals surface area contributed by atoms with Gasteiger partial charge in [0.15, 0.2) is 11.8 Å². The molecule has 28 heavy (non-hydrogen) atoms. The molecule has 7 heteroatoms. The predicted octanol–water partition coefficient (Wildman–Crippen LogP) is 2.34. The summed E-state index contributed by atoms with van der Waals surface area (Å²) < 4.78 is 7.13. The van der Waals surface area contributed by atoms with E-state index in [2.05, 4.69) is 69.9 Å². The molecule has 0 saturated carbocycles. The van der Waals surface area contributed by atoms with Crippen molar-refractivity contribution in [2.45, 2.75) is 51.8 Å². The van der Waals surface area contributed by atoms with Crippen LogP contribution in [0.3, 0.4) is 0 Å². The zero-order valence-corrected chi connectivity index (χ0v) is 17.4. The molecular formula is C21H32N6O. The largest absolute Gasteiger partial charge is 0.377 e. The van der Waals surface area contributed by atoms with Gasteiger partial charge in [-0.1, -0.05) is 44.2 Å². The molecule has 0 radical (unpaired) electrons. The van der Waals surface area contributed by atoms with Crippen LogP contribution in [-0.2, 0) is 24.3 Å². The van der Waals surface area contributed by atoms with Crippen LogP contribution < -0.4 is 10.6 Å². The lowest BCUT2D eigenvalue weighted by Gasteiger charge is -2.27. The molecule has 2 atom stereocenters. The molecule has 2 heterocycles. The first-order valence-electron chi connectivity index (χ1n) is 10.0. The highest BCUT2D eigenvalue weighted by molar-refractivity contribution is 5.80. The summed E-state index contributed by atoms with van der Waals surface area (Å²) in [6.07, 6.45) is 1.92. The number of aromatic nitrogens is 3. The third-order valence-electron chi connectivity index (χ3n) is 5.26. The Bertz CT molecular complexity index is 770. The number of nitrogens with one attached hydrogen (secondary N) is 2. The van der Waals surface area contributed by atoms with E-state index in [9.17, 15) is 0 Å². The molecule has 0 amide bonds. The maximum Gasteiger partial charge on any atom is 0.191 e. The molecule has 1 aliphatic heterocycles. The molecule has 1 aromatic carbocycles. The van der Waals surface area contributed by atoms with E-state index in [1.165, 1.54) is 5.56 Å². The second kappa shape index (κ2) is 9.68. The van der Waals surface area contributed by atoms with E-state index in [0.717, 1.165) is 43.5 Å². The first-order valence-corrected chi connectivity index (χ1v) is 10.0. The summed E-state index contributed by atoms with van der Waals surface area (Å²) in [5, 5.41) is 11.6. The van der Waals surface area contributed by atoms with Gasteiger partial charge in [-0.2, -0.15) is 5.10 Å². The van der Waals surface area contributed by atoms with Crippen LogP contribution in [0.25, 0.3) is 0 Å². The number of aryl methyl sites for hydroxylation is 1. The van der Waals surface area contributed by atoms with Crippen molar-refractivity contribution < 1.29 is 4.74 Å². The summed E-state index contributed by atoms with van der Waals surface area (Å²) in [5.74, 6) is 3.61. The van der Waals surface area contributed by atoms with Gasteiger partial charge in [0.25, 0.3) is 0 Å². The van der Waals surface area contributed by atoms with Gasteiger partial charge in [-0.05, 0) is 17.9 Å². The van der Waals surface area contributed by atoms with Gasteiger partial charge in [0.05, 0.1) is 6.54 Å². The van der Waals surface area contributed by atoms with E-state index in [4.69, 9.17) is 4.74 Å². The number of benzene rings is 1. The van der Waals surface area contributed by atoms with E-state index in [1.807, 2.05) is 11.7 Å². The molecule has 3 rings (SSSR count). The maximum absolute atomic E-state index is 5.14. The number of ether oxygens (including phenoxy) is 1. The quantitative estimate of drug-likeness (QED) is 0.566. The van der Waals surface area contributed by atoms with E-state index in [-0.39, 0.29) is 6.04 Å². The summed E-state index contributed by atoms with van der Waals surface area (Å²) in [5.41, 5.74) is 1.36. The summed E-state index contributed by atoms with van der Waals surface area (Å²) in [7, 11) is 3.49. The summed E-state index contributed by atoms with van der Waals surface area (Å²) in [4.78, 5) is 8.97. The Labute approximate surface area is 167 Å². The van der Waals surface area contributed by atoms with Crippen molar-refractivity contribution >= 4 is 5.96 Å². The van der Waals surface area contributed by atoms with Gasteiger partial charge in [-0.3, -0.25) is 4.99 Å². The van der Waals surface area contributed by atoms with Crippen molar-refractivity contribution in [1.82, 2.24) is 25.4 Å². The average molecular weight is 385 g/mol. The second-order valence-electron chi connectivity index (χ2n) is 7.65. The van der Waals surface area contributed by atoms with Crippen LogP contribution in [-0.4, -0.2) is 47.5 Å². The molecule has 152 valence electrons. The molecule has 2 N–H and O–H groups in total. The minimum atomic E-state index is 0.282. The van der Waals surface area contributed by atoms with Gasteiger partial charge < -0.3 is 15.4 Å². The summed E-state index contributed by atoms with van der Waals surface area (Å²) in [6.45, 7) is 6.62. The third kappa shape index (κ3) is 5.10. The highest BCUT2D eigenvalue weighted by atomic mass is 16.5. The molecule has 7 nitrogen and oxygen atoms in total. The molecule has 1 aromatic heterocycles. The fraction of sp³-hybridized carbons (Fsp3) is 0.571. The normalized spacial score (nSPS) is 18.0. The first-order chi connectivity index (χ1) is 13.6. The molecular weight excluding hydrogens is 352 g/mol. The molecule has 0 spiro atoms. The zero-order chi connectivity index (χ0) is 19.9. The Morgan fingerprint density at radius 2 is 2.11 bits per heavy atom. The lowest BCUT2D eigenvalue weighted by Crippen LogP contribution is -2.48. The molecule has 2 unspecified atom stereocenters. The number of hydrogen-bond donors (Lipinski definition) is 2. The lowest BCUT2D eigenvalue weighted by molar-refractivity contribution is 0.177. The molecule has 0 aliphatic carbocycles. The Morgan fingerprint density at radius 1 is 1.32 bits per heavy atom. The Morgan fingerprint density at radius 3 is 2.79 bits per heavy atom. The molecule has 0 fully saturated rings. The topological polar surface area (TPSA) is 76.4 Å². The van der Waals surface area contributed by atoms with Crippen LogP contribution in [0.4, 0.5) is 0 Å². The smallest absolute Gasteiger partial charge is 0.191 e. The summed E-state index contributed by atoms with van der Waals surface area (Å²) >= 11 is 0. The van der Waals surface area contributed by atoms with Crippen LogP contribution in [0.2, 0.25) is 0 Å². The molecule has 0 saturated heterocycles. The highest BCUT2D eigenvalue weighted by Gasteiger charge is 2.23. The van der Waals surface area contributed by atoms with Crippen LogP contribution >= 0.6 is 0 Å². The number of guanidine groups is 1. The van der Waals surface area contributed by atoms with Crippen LogP contribution in [0.5, 0.6) is 0 Å². The minimum Gasteiger partial charge on any atom is -0.377 e.